The number of hydrogen-bond acceptors (Lipinski definition) is 4. The Morgan fingerprint density at radius 3 is 2.63 bits per heavy atom. The number of Topliss-reactive ketones (excluding diaryl/α,β-unsaturated/α-hetero) is 1. The average molecular weight is 257 g/mol. The van der Waals surface area contributed by atoms with Crippen molar-refractivity contribution >= 4 is 23.1 Å². The Morgan fingerprint density at radius 2 is 2.00 bits per heavy atom. The predicted octanol–water partition coefficient (Wildman–Crippen LogP) is 1.00. The zero-order valence-electron chi connectivity index (χ0n) is 10.7. The Hall–Kier alpha value is -2.30. The van der Waals surface area contributed by atoms with E-state index in [1.807, 2.05) is 41.0 Å². The minimum absolute atomic E-state index is 0.129. The molecule has 1 aromatic rings. The maximum Gasteiger partial charge on any atom is 0.256 e. The maximum absolute atomic E-state index is 12.0. The van der Waals surface area contributed by atoms with Crippen LogP contribution in [0.3, 0.4) is 0 Å². The molecule has 0 aromatic heterocycles. The van der Waals surface area contributed by atoms with Crippen LogP contribution in [0.4, 0.5) is 11.4 Å². The molecule has 5 heteroatoms. The van der Waals surface area contributed by atoms with Crippen molar-refractivity contribution in [2.75, 3.05) is 22.9 Å². The van der Waals surface area contributed by atoms with Gasteiger partial charge in [-0.05, 0) is 19.1 Å². The summed E-state index contributed by atoms with van der Waals surface area (Å²) >= 11 is 0. The van der Waals surface area contributed by atoms with Gasteiger partial charge in [-0.2, -0.15) is 0 Å². The Morgan fingerprint density at radius 1 is 1.32 bits per heavy atom. The highest BCUT2D eigenvalue weighted by atomic mass is 16.2. The lowest BCUT2D eigenvalue weighted by Crippen LogP contribution is -2.40. The number of benzene rings is 1. The van der Waals surface area contributed by atoms with Crippen LogP contribution in [0.15, 0.2) is 35.7 Å². The first-order valence-electron chi connectivity index (χ1n) is 6.36. The minimum Gasteiger partial charge on any atom is -0.365 e. The van der Waals surface area contributed by atoms with Crippen LogP contribution >= 0.6 is 0 Å². The molecule has 0 spiro atoms. The molecule has 0 bridgehead atoms. The molecule has 2 N–H and O–H groups in total. The molecule has 2 aliphatic heterocycles. The zero-order valence-corrected chi connectivity index (χ0v) is 10.7. The SMILES string of the molecule is CCN1C2=C(C(N)=O)C(=O)CCN2c2ccccc21. The van der Waals surface area contributed by atoms with Crippen LogP contribution in [0.1, 0.15) is 13.3 Å². The van der Waals surface area contributed by atoms with E-state index >= 15 is 0 Å². The van der Waals surface area contributed by atoms with E-state index in [9.17, 15) is 9.59 Å². The number of para-hydroxylation sites is 2. The number of carbonyl (C=O) groups excluding carboxylic acids is 2. The molecule has 0 unspecified atom stereocenters. The first kappa shape index (κ1) is 11.8. The van der Waals surface area contributed by atoms with Gasteiger partial charge in [0.05, 0.1) is 11.4 Å². The molecular formula is C14H15N3O2. The van der Waals surface area contributed by atoms with Gasteiger partial charge in [0.25, 0.3) is 5.91 Å². The van der Waals surface area contributed by atoms with Crippen LogP contribution in [0.5, 0.6) is 0 Å². The summed E-state index contributed by atoms with van der Waals surface area (Å²) in [6.45, 7) is 3.27. The van der Waals surface area contributed by atoms with E-state index in [-0.39, 0.29) is 11.4 Å². The van der Waals surface area contributed by atoms with E-state index in [0.29, 0.717) is 25.3 Å². The number of anilines is 2. The predicted molar refractivity (Wildman–Crippen MR) is 72.7 cm³/mol. The number of fused-ring (bicyclic) bond motifs is 3. The van der Waals surface area contributed by atoms with Gasteiger partial charge in [0.2, 0.25) is 0 Å². The number of primary amides is 1. The first-order chi connectivity index (χ1) is 9.15. The molecule has 0 fully saturated rings. The summed E-state index contributed by atoms with van der Waals surface area (Å²) in [5.41, 5.74) is 7.58. The van der Waals surface area contributed by atoms with Crippen molar-refractivity contribution in [3.63, 3.8) is 0 Å². The van der Waals surface area contributed by atoms with Crippen molar-refractivity contribution < 1.29 is 9.59 Å². The van der Waals surface area contributed by atoms with Gasteiger partial charge in [-0.3, -0.25) is 9.59 Å². The summed E-state index contributed by atoms with van der Waals surface area (Å²) < 4.78 is 0. The molecular weight excluding hydrogens is 242 g/mol. The highest BCUT2D eigenvalue weighted by Gasteiger charge is 2.39. The zero-order chi connectivity index (χ0) is 13.6. The summed E-state index contributed by atoms with van der Waals surface area (Å²) in [5.74, 6) is -0.159. The lowest BCUT2D eigenvalue weighted by atomic mass is 10.0. The number of carbonyl (C=O) groups is 2. The van der Waals surface area contributed by atoms with Crippen LogP contribution < -0.4 is 15.5 Å². The first-order valence-corrected chi connectivity index (χ1v) is 6.36. The lowest BCUT2D eigenvalue weighted by molar-refractivity contribution is -0.121. The number of nitrogens with zero attached hydrogens (tertiary/aromatic N) is 2. The molecule has 2 heterocycles. The number of ketones is 1. The Balaban J connectivity index is 2.26. The van der Waals surface area contributed by atoms with Gasteiger partial charge in [-0.15, -0.1) is 0 Å². The second-order valence-electron chi connectivity index (χ2n) is 4.62. The van der Waals surface area contributed by atoms with Crippen LogP contribution in [0, 0.1) is 0 Å². The minimum atomic E-state index is -0.643. The quantitative estimate of drug-likeness (QED) is 0.803. The second-order valence-corrected chi connectivity index (χ2v) is 4.62. The fourth-order valence-electron chi connectivity index (χ4n) is 2.82. The number of nitrogens with two attached hydrogens (primary N) is 1. The van der Waals surface area contributed by atoms with Gasteiger partial charge in [-0.1, -0.05) is 12.1 Å². The lowest BCUT2D eigenvalue weighted by Gasteiger charge is -2.29. The van der Waals surface area contributed by atoms with Gasteiger partial charge in [0.15, 0.2) is 5.78 Å². The van der Waals surface area contributed by atoms with E-state index in [1.165, 1.54) is 0 Å². The Kier molecular flexibility index (Phi) is 2.55. The van der Waals surface area contributed by atoms with E-state index in [2.05, 4.69) is 0 Å². The fourth-order valence-corrected chi connectivity index (χ4v) is 2.82. The Labute approximate surface area is 111 Å². The van der Waals surface area contributed by atoms with Crippen molar-refractivity contribution in [1.82, 2.24) is 0 Å². The third kappa shape index (κ3) is 1.54. The number of rotatable bonds is 2. The average Bonchev–Trinajstić information content (AvgIpc) is 2.71. The van der Waals surface area contributed by atoms with Crippen molar-refractivity contribution in [2.24, 2.45) is 5.73 Å². The summed E-state index contributed by atoms with van der Waals surface area (Å²) in [6.07, 6.45) is 0.327. The molecule has 0 saturated carbocycles. The van der Waals surface area contributed by atoms with Gasteiger partial charge in [0, 0.05) is 19.5 Å². The number of hydrogen-bond donors (Lipinski definition) is 1. The number of amides is 1. The van der Waals surface area contributed by atoms with E-state index in [0.717, 1.165) is 11.4 Å². The maximum atomic E-state index is 12.0. The molecule has 19 heavy (non-hydrogen) atoms. The molecule has 98 valence electrons. The normalized spacial score (nSPS) is 17.6. The third-order valence-corrected chi connectivity index (χ3v) is 3.60. The molecule has 0 atom stereocenters. The highest BCUT2D eigenvalue weighted by molar-refractivity contribution is 6.21. The summed E-state index contributed by atoms with van der Waals surface area (Å²) in [7, 11) is 0. The van der Waals surface area contributed by atoms with E-state index in [4.69, 9.17) is 5.73 Å². The van der Waals surface area contributed by atoms with Crippen LogP contribution in [-0.2, 0) is 9.59 Å². The van der Waals surface area contributed by atoms with Gasteiger partial charge >= 0.3 is 0 Å². The standard InChI is InChI=1S/C14H15N3O2/c1-2-16-9-5-3-4-6-10(9)17-8-7-11(18)12(13(15)19)14(16)17/h3-6H,2,7-8H2,1H3,(H2,15,19). The smallest absolute Gasteiger partial charge is 0.256 e. The molecule has 1 aromatic carbocycles. The van der Waals surface area contributed by atoms with Crippen molar-refractivity contribution in [2.45, 2.75) is 13.3 Å². The molecule has 5 nitrogen and oxygen atoms in total. The fraction of sp³-hybridized carbons (Fsp3) is 0.286. The third-order valence-electron chi connectivity index (χ3n) is 3.60. The Bertz CT molecular complexity index is 591. The van der Waals surface area contributed by atoms with E-state index < -0.39 is 5.91 Å². The van der Waals surface area contributed by atoms with Gasteiger partial charge < -0.3 is 15.5 Å². The second kappa shape index (κ2) is 4.12. The summed E-state index contributed by atoms with van der Waals surface area (Å²) in [6, 6.07) is 7.90. The van der Waals surface area contributed by atoms with Gasteiger partial charge in [-0.25, -0.2) is 0 Å². The molecule has 0 aliphatic carbocycles. The summed E-state index contributed by atoms with van der Waals surface area (Å²) in [5, 5.41) is 0. The molecule has 0 saturated heterocycles. The van der Waals surface area contributed by atoms with E-state index in [1.54, 1.807) is 0 Å². The molecule has 3 rings (SSSR count). The monoisotopic (exact) mass is 257 g/mol. The molecule has 0 radical (unpaired) electrons. The van der Waals surface area contributed by atoms with Crippen LogP contribution in [-0.4, -0.2) is 24.8 Å². The van der Waals surface area contributed by atoms with Crippen molar-refractivity contribution in [3.05, 3.63) is 35.7 Å². The molecule has 2 aliphatic rings. The van der Waals surface area contributed by atoms with Crippen LogP contribution in [0.25, 0.3) is 0 Å². The van der Waals surface area contributed by atoms with Crippen LogP contribution in [0.2, 0.25) is 0 Å². The van der Waals surface area contributed by atoms with Crippen molar-refractivity contribution in [3.8, 4) is 0 Å². The molecule has 1 amide bonds. The van der Waals surface area contributed by atoms with Crippen molar-refractivity contribution in [1.29, 1.82) is 0 Å². The van der Waals surface area contributed by atoms with Gasteiger partial charge in [0.1, 0.15) is 11.4 Å². The summed E-state index contributed by atoms with van der Waals surface area (Å²) in [4.78, 5) is 27.6. The largest absolute Gasteiger partial charge is 0.365 e. The topological polar surface area (TPSA) is 66.6 Å². The highest BCUT2D eigenvalue weighted by Crippen LogP contribution is 2.44.